The van der Waals surface area contributed by atoms with Gasteiger partial charge in [0.1, 0.15) is 0 Å². The molecule has 0 N–H and O–H groups in total. The Kier molecular flexibility index (Phi) is 3.69. The van der Waals surface area contributed by atoms with E-state index in [1.807, 2.05) is 37.3 Å². The van der Waals surface area contributed by atoms with Gasteiger partial charge in [0.25, 0.3) is 5.56 Å². The monoisotopic (exact) mass is 345 g/mol. The van der Waals surface area contributed by atoms with Crippen molar-refractivity contribution in [1.29, 1.82) is 0 Å². The predicted octanol–water partition coefficient (Wildman–Crippen LogP) is 1.80. The molecule has 2 aromatic carbocycles. The second kappa shape index (κ2) is 6.03. The van der Waals surface area contributed by atoms with Crippen LogP contribution in [0.25, 0.3) is 28.6 Å². The minimum Gasteiger partial charge on any atom is -0.266 e. The Morgan fingerprint density at radius 1 is 0.885 bits per heavy atom. The first-order valence-corrected chi connectivity index (χ1v) is 8.05. The maximum atomic E-state index is 13.0. The summed E-state index contributed by atoms with van der Waals surface area (Å²) in [6, 6.07) is 16.4. The molecule has 0 fully saturated rings. The van der Waals surface area contributed by atoms with E-state index < -0.39 is 11.2 Å². The van der Waals surface area contributed by atoms with Crippen LogP contribution in [0.15, 0.2) is 64.2 Å². The number of hydrogen-bond acceptors (Lipinski definition) is 5. The van der Waals surface area contributed by atoms with Crippen molar-refractivity contribution in [2.24, 2.45) is 7.05 Å². The highest BCUT2D eigenvalue weighted by Crippen LogP contribution is 2.19. The zero-order valence-corrected chi connectivity index (χ0v) is 14.2. The largest absolute Gasteiger partial charge is 0.357 e. The summed E-state index contributed by atoms with van der Waals surface area (Å²) in [5, 5.41) is 4.34. The van der Waals surface area contributed by atoms with Gasteiger partial charge in [0.2, 0.25) is 0 Å². The Morgan fingerprint density at radius 2 is 1.58 bits per heavy atom. The summed E-state index contributed by atoms with van der Waals surface area (Å²) in [6.07, 6.45) is 0. The smallest absolute Gasteiger partial charge is 0.266 e. The Balaban J connectivity index is 2.01. The lowest BCUT2D eigenvalue weighted by Crippen LogP contribution is -2.37. The molecule has 2 aliphatic rings. The van der Waals surface area contributed by atoms with Crippen molar-refractivity contribution < 1.29 is 0 Å². The summed E-state index contributed by atoms with van der Waals surface area (Å²) >= 11 is 0. The van der Waals surface area contributed by atoms with Gasteiger partial charge < -0.3 is 0 Å². The van der Waals surface area contributed by atoms with E-state index >= 15 is 0 Å². The molecule has 7 nitrogen and oxygen atoms in total. The summed E-state index contributed by atoms with van der Waals surface area (Å²) in [5.41, 5.74) is 1.28. The normalized spacial score (nSPS) is 11.0. The number of aromatic nitrogens is 5. The molecule has 0 atom stereocenters. The average molecular weight is 345 g/mol. The number of fused-ring (bicyclic) bond motifs is 1. The van der Waals surface area contributed by atoms with Crippen LogP contribution >= 0.6 is 0 Å². The Labute approximate surface area is 148 Å². The molecule has 2 aliphatic heterocycles. The summed E-state index contributed by atoms with van der Waals surface area (Å²) in [4.78, 5) is 33.7. The van der Waals surface area contributed by atoms with Crippen LogP contribution in [0.4, 0.5) is 0 Å². The molecule has 128 valence electrons. The summed E-state index contributed by atoms with van der Waals surface area (Å²) < 4.78 is 2.43. The van der Waals surface area contributed by atoms with Crippen molar-refractivity contribution in [3.63, 3.8) is 0 Å². The zero-order chi connectivity index (χ0) is 18.3. The molecule has 0 spiro atoms. The topological polar surface area (TPSA) is 82.7 Å². The molecular formula is C19H15N5O2. The van der Waals surface area contributed by atoms with Crippen LogP contribution < -0.4 is 11.2 Å². The molecule has 0 amide bonds. The zero-order valence-electron chi connectivity index (χ0n) is 14.2. The van der Waals surface area contributed by atoms with E-state index in [-0.39, 0.29) is 11.5 Å². The first-order valence-electron chi connectivity index (χ1n) is 8.05. The Hall–Kier alpha value is -3.61. The van der Waals surface area contributed by atoms with E-state index in [2.05, 4.69) is 15.1 Å². The first-order chi connectivity index (χ1) is 12.5. The third-order valence-corrected chi connectivity index (χ3v) is 4.10. The molecule has 0 saturated carbocycles. The first kappa shape index (κ1) is 15.9. The molecule has 7 heteroatoms. The van der Waals surface area contributed by atoms with Crippen LogP contribution in [-0.2, 0) is 7.05 Å². The summed E-state index contributed by atoms with van der Waals surface area (Å²) in [5.74, 6) is 0.556. The van der Waals surface area contributed by atoms with Crippen LogP contribution in [0.2, 0.25) is 0 Å². The van der Waals surface area contributed by atoms with Crippen LogP contribution in [0, 0.1) is 6.92 Å². The molecule has 2 heterocycles. The van der Waals surface area contributed by atoms with Gasteiger partial charge in [0.05, 0.1) is 5.69 Å². The number of nitrogens with zero attached hydrogens (tertiary/aromatic N) is 5. The van der Waals surface area contributed by atoms with Crippen molar-refractivity contribution in [1.82, 2.24) is 24.3 Å². The molecule has 26 heavy (non-hydrogen) atoms. The van der Waals surface area contributed by atoms with Gasteiger partial charge in [-0.25, -0.2) is 19.0 Å². The van der Waals surface area contributed by atoms with Crippen LogP contribution in [0.1, 0.15) is 5.56 Å². The van der Waals surface area contributed by atoms with Gasteiger partial charge in [-0.1, -0.05) is 48.0 Å². The number of rotatable bonds is 2. The van der Waals surface area contributed by atoms with Gasteiger partial charge in [-0.05, 0) is 19.1 Å². The Morgan fingerprint density at radius 3 is 2.27 bits per heavy atom. The van der Waals surface area contributed by atoms with Crippen LogP contribution in [0.5, 0.6) is 0 Å². The molecule has 4 rings (SSSR count). The van der Waals surface area contributed by atoms with Gasteiger partial charge >= 0.3 is 5.69 Å². The van der Waals surface area contributed by atoms with Crippen LogP contribution in [-0.4, -0.2) is 24.3 Å². The average Bonchev–Trinajstić information content (AvgIpc) is 2.64. The molecule has 0 aromatic heterocycles. The predicted molar refractivity (Wildman–Crippen MR) is 97.5 cm³/mol. The van der Waals surface area contributed by atoms with Crippen molar-refractivity contribution in [3.05, 3.63) is 81.0 Å². The lowest BCUT2D eigenvalue weighted by molar-refractivity contribution is 0.695. The second-order valence-corrected chi connectivity index (χ2v) is 5.97. The van der Waals surface area contributed by atoms with Gasteiger partial charge in [-0.2, -0.15) is 10.1 Å². The highest BCUT2D eigenvalue weighted by atomic mass is 16.2. The minimum atomic E-state index is -0.656. The molecule has 2 aromatic rings. The molecule has 0 radical (unpaired) electrons. The van der Waals surface area contributed by atoms with E-state index in [1.165, 1.54) is 4.68 Å². The number of para-hydroxylation sites is 1. The molecule has 0 bridgehead atoms. The van der Waals surface area contributed by atoms with Crippen molar-refractivity contribution in [2.75, 3.05) is 0 Å². The fourth-order valence-corrected chi connectivity index (χ4v) is 2.75. The fourth-order valence-electron chi connectivity index (χ4n) is 2.75. The molecular weight excluding hydrogens is 330 g/mol. The second-order valence-electron chi connectivity index (χ2n) is 5.97. The van der Waals surface area contributed by atoms with Gasteiger partial charge in [-0.15, -0.1) is 0 Å². The number of benzene rings is 2. The van der Waals surface area contributed by atoms with Crippen molar-refractivity contribution in [2.45, 2.75) is 6.92 Å². The summed E-state index contributed by atoms with van der Waals surface area (Å²) in [7, 11) is 1.64. The van der Waals surface area contributed by atoms with Gasteiger partial charge in [0, 0.05) is 12.6 Å². The third kappa shape index (κ3) is 2.59. The lowest BCUT2D eigenvalue weighted by Gasteiger charge is -2.12. The lowest BCUT2D eigenvalue weighted by atomic mass is 10.1. The van der Waals surface area contributed by atoms with Crippen LogP contribution in [0.3, 0.4) is 0 Å². The highest BCUT2D eigenvalue weighted by Gasteiger charge is 2.21. The SMILES string of the molecule is Cc1ccc(-c2nc3c(=O)n(-c4ccccc4)c(=O)nc-3n(C)n2)cc1. The quantitative estimate of drug-likeness (QED) is 0.553. The highest BCUT2D eigenvalue weighted by molar-refractivity contribution is 5.60. The van der Waals surface area contributed by atoms with Crippen molar-refractivity contribution >= 4 is 0 Å². The molecule has 0 unspecified atom stereocenters. The minimum absolute atomic E-state index is 0.0986. The van der Waals surface area contributed by atoms with E-state index in [0.717, 1.165) is 15.7 Å². The maximum absolute atomic E-state index is 13.0. The number of aryl methyl sites for hydroxylation is 2. The van der Waals surface area contributed by atoms with Gasteiger partial charge in [0.15, 0.2) is 17.3 Å². The van der Waals surface area contributed by atoms with E-state index in [0.29, 0.717) is 11.5 Å². The van der Waals surface area contributed by atoms with Crippen molar-refractivity contribution in [3.8, 4) is 28.6 Å². The Bertz CT molecular complexity index is 1180. The fraction of sp³-hybridized carbons (Fsp3) is 0.105. The maximum Gasteiger partial charge on any atom is 0.357 e. The third-order valence-electron chi connectivity index (χ3n) is 4.10. The van der Waals surface area contributed by atoms with E-state index in [9.17, 15) is 9.59 Å². The van der Waals surface area contributed by atoms with E-state index in [1.54, 1.807) is 31.3 Å². The van der Waals surface area contributed by atoms with E-state index in [4.69, 9.17) is 0 Å². The standard InChI is InChI=1S/C19H15N5O2/c1-12-8-10-13(11-9-12)16-20-15-17(23(2)22-16)21-19(26)24(18(15)25)14-6-4-3-5-7-14/h3-11H,1-2H3. The molecule has 0 saturated heterocycles. The van der Waals surface area contributed by atoms with Gasteiger partial charge in [-0.3, -0.25) is 4.79 Å². The summed E-state index contributed by atoms with van der Waals surface area (Å²) in [6.45, 7) is 1.99. The molecule has 0 aliphatic carbocycles. The number of hydrogen-bond donors (Lipinski definition) is 0.